The summed E-state index contributed by atoms with van der Waals surface area (Å²) in [4.78, 5) is 34.0. The summed E-state index contributed by atoms with van der Waals surface area (Å²) in [6.45, 7) is 9.56. The molecule has 2 aromatic carbocycles. The third-order valence-electron chi connectivity index (χ3n) is 6.76. The van der Waals surface area contributed by atoms with Gasteiger partial charge in [-0.2, -0.15) is 0 Å². The standard InChI is InChI=1S/C29H36N4O4/c1-19(2)5-6-21(11-13-34)15-28(35)33-12-14-37-27-10-8-22(16-24(27)18-33)23-7-9-25-26(17-23)32-29(31-25)30-20(3)36-4/h7-10,13,16-17,19,21H,3,5-6,11-12,14-15,18H2,1-2,4H3,(H2,30,31,32). The van der Waals surface area contributed by atoms with Crippen molar-refractivity contribution in [2.45, 2.75) is 46.1 Å². The lowest BCUT2D eigenvalue weighted by molar-refractivity contribution is -0.133. The number of fused-ring (bicyclic) bond motifs is 2. The van der Waals surface area contributed by atoms with Crippen molar-refractivity contribution in [3.8, 4) is 16.9 Å². The number of hydrogen-bond donors (Lipinski definition) is 2. The number of carbonyl (C=O) groups is 2. The molecular formula is C29H36N4O4. The molecule has 0 fully saturated rings. The van der Waals surface area contributed by atoms with Crippen molar-refractivity contribution >= 4 is 29.2 Å². The second-order valence-electron chi connectivity index (χ2n) is 10.00. The molecule has 3 aromatic rings. The molecule has 2 N–H and O–H groups in total. The molecule has 0 spiro atoms. The van der Waals surface area contributed by atoms with E-state index < -0.39 is 0 Å². The van der Waals surface area contributed by atoms with Crippen LogP contribution in [0.3, 0.4) is 0 Å². The topological polar surface area (TPSA) is 96.5 Å². The molecule has 1 atom stereocenters. The molecule has 8 heteroatoms. The first-order valence-corrected chi connectivity index (χ1v) is 12.8. The molecule has 0 radical (unpaired) electrons. The third-order valence-corrected chi connectivity index (χ3v) is 6.76. The summed E-state index contributed by atoms with van der Waals surface area (Å²) in [5, 5.41) is 2.98. The van der Waals surface area contributed by atoms with Gasteiger partial charge in [0.15, 0.2) is 5.88 Å². The molecule has 0 aliphatic carbocycles. The number of nitrogens with one attached hydrogen (secondary N) is 2. The maximum Gasteiger partial charge on any atom is 0.223 e. The maximum absolute atomic E-state index is 13.2. The van der Waals surface area contributed by atoms with Crippen molar-refractivity contribution in [1.82, 2.24) is 14.9 Å². The Labute approximate surface area is 218 Å². The molecule has 1 aliphatic rings. The molecule has 1 aromatic heterocycles. The molecule has 1 unspecified atom stereocenters. The van der Waals surface area contributed by atoms with E-state index in [0.717, 1.165) is 52.6 Å². The van der Waals surface area contributed by atoms with E-state index in [2.05, 4.69) is 41.8 Å². The van der Waals surface area contributed by atoms with Gasteiger partial charge in [0.05, 0.1) is 24.7 Å². The molecule has 0 saturated heterocycles. The van der Waals surface area contributed by atoms with Crippen LogP contribution in [0.1, 0.15) is 45.1 Å². The van der Waals surface area contributed by atoms with Gasteiger partial charge in [-0.1, -0.05) is 32.4 Å². The van der Waals surface area contributed by atoms with Crippen LogP contribution in [-0.2, 0) is 20.9 Å². The Morgan fingerprint density at radius 3 is 2.78 bits per heavy atom. The van der Waals surface area contributed by atoms with Gasteiger partial charge in [0, 0.05) is 24.9 Å². The van der Waals surface area contributed by atoms with Gasteiger partial charge in [0.2, 0.25) is 11.9 Å². The predicted molar refractivity (Wildman–Crippen MR) is 145 cm³/mol. The fraction of sp³-hybridized carbons (Fsp3) is 0.414. The first kappa shape index (κ1) is 26.3. The summed E-state index contributed by atoms with van der Waals surface area (Å²) in [6, 6.07) is 12.1. The zero-order valence-electron chi connectivity index (χ0n) is 21.9. The monoisotopic (exact) mass is 504 g/mol. The zero-order valence-corrected chi connectivity index (χ0v) is 21.9. The molecule has 8 nitrogen and oxygen atoms in total. The average molecular weight is 505 g/mol. The Balaban J connectivity index is 1.51. The Kier molecular flexibility index (Phi) is 8.48. The molecule has 196 valence electrons. The van der Waals surface area contributed by atoms with Gasteiger partial charge >= 0.3 is 0 Å². The summed E-state index contributed by atoms with van der Waals surface area (Å²) in [5.41, 5.74) is 4.74. The minimum Gasteiger partial charge on any atom is -0.491 e. The number of hydrogen-bond acceptors (Lipinski definition) is 6. The van der Waals surface area contributed by atoms with E-state index in [1.807, 2.05) is 35.2 Å². The summed E-state index contributed by atoms with van der Waals surface area (Å²) in [7, 11) is 1.54. The van der Waals surface area contributed by atoms with Crippen LogP contribution in [0.2, 0.25) is 0 Å². The second kappa shape index (κ2) is 12.0. The fourth-order valence-electron chi connectivity index (χ4n) is 4.60. The van der Waals surface area contributed by atoms with E-state index in [9.17, 15) is 9.59 Å². The summed E-state index contributed by atoms with van der Waals surface area (Å²) in [5.74, 6) is 2.48. The van der Waals surface area contributed by atoms with Gasteiger partial charge in [-0.3, -0.25) is 10.1 Å². The van der Waals surface area contributed by atoms with Crippen LogP contribution >= 0.6 is 0 Å². The van der Waals surface area contributed by atoms with Crippen LogP contribution in [0.4, 0.5) is 5.95 Å². The fourth-order valence-corrected chi connectivity index (χ4v) is 4.60. The van der Waals surface area contributed by atoms with Gasteiger partial charge in [-0.15, -0.1) is 0 Å². The second-order valence-corrected chi connectivity index (χ2v) is 10.00. The van der Waals surface area contributed by atoms with Gasteiger partial charge in [0.1, 0.15) is 18.6 Å². The highest BCUT2D eigenvalue weighted by atomic mass is 16.5. The molecule has 4 rings (SSSR count). The lowest BCUT2D eigenvalue weighted by Gasteiger charge is -2.23. The van der Waals surface area contributed by atoms with Crippen molar-refractivity contribution in [2.75, 3.05) is 25.6 Å². The highest BCUT2D eigenvalue weighted by Crippen LogP contribution is 2.31. The van der Waals surface area contributed by atoms with Gasteiger partial charge in [-0.05, 0) is 60.2 Å². The number of carbonyl (C=O) groups excluding carboxylic acids is 2. The lowest BCUT2D eigenvalue weighted by atomic mass is 9.92. The van der Waals surface area contributed by atoms with Crippen molar-refractivity contribution < 1.29 is 19.1 Å². The number of aldehydes is 1. The van der Waals surface area contributed by atoms with Crippen LogP contribution in [0.25, 0.3) is 22.2 Å². The van der Waals surface area contributed by atoms with Crippen molar-refractivity contribution in [2.24, 2.45) is 11.8 Å². The van der Waals surface area contributed by atoms with Gasteiger partial charge < -0.3 is 24.2 Å². The summed E-state index contributed by atoms with van der Waals surface area (Å²) < 4.78 is 11.0. The molecule has 2 heterocycles. The smallest absolute Gasteiger partial charge is 0.223 e. The number of aromatic amines is 1. The number of methoxy groups -OCH3 is 1. The number of amides is 1. The highest BCUT2D eigenvalue weighted by Gasteiger charge is 2.23. The molecule has 37 heavy (non-hydrogen) atoms. The molecule has 1 aliphatic heterocycles. The number of benzene rings is 2. The minimum atomic E-state index is 0.0778. The van der Waals surface area contributed by atoms with Crippen LogP contribution in [-0.4, -0.2) is 47.3 Å². The Morgan fingerprint density at radius 2 is 2.03 bits per heavy atom. The molecule has 0 bridgehead atoms. The maximum atomic E-state index is 13.2. The van der Waals surface area contributed by atoms with E-state index in [1.165, 1.54) is 0 Å². The first-order chi connectivity index (χ1) is 17.9. The SMILES string of the molecule is C=C(Nc1nc2ccc(-c3ccc4c(c3)CN(C(=O)CC(CC=O)CCC(C)C)CCO4)cc2[nH]1)OC. The normalized spacial score (nSPS) is 14.0. The van der Waals surface area contributed by atoms with E-state index in [0.29, 0.717) is 50.3 Å². The van der Waals surface area contributed by atoms with Crippen LogP contribution < -0.4 is 10.1 Å². The van der Waals surface area contributed by atoms with Gasteiger partial charge in [0.25, 0.3) is 0 Å². The molecular weight excluding hydrogens is 468 g/mol. The molecule has 0 saturated carbocycles. The van der Waals surface area contributed by atoms with Crippen molar-refractivity contribution in [1.29, 1.82) is 0 Å². The average Bonchev–Trinajstić information content (AvgIpc) is 3.15. The van der Waals surface area contributed by atoms with Gasteiger partial charge in [-0.25, -0.2) is 4.98 Å². The van der Waals surface area contributed by atoms with Crippen molar-refractivity contribution in [3.05, 3.63) is 54.4 Å². The summed E-state index contributed by atoms with van der Waals surface area (Å²) in [6.07, 6.45) is 3.66. The Morgan fingerprint density at radius 1 is 1.24 bits per heavy atom. The minimum absolute atomic E-state index is 0.0778. The largest absolute Gasteiger partial charge is 0.491 e. The Hall–Kier alpha value is -3.81. The van der Waals surface area contributed by atoms with Crippen LogP contribution in [0.5, 0.6) is 5.75 Å². The van der Waals surface area contributed by atoms with E-state index in [1.54, 1.807) is 7.11 Å². The third kappa shape index (κ3) is 6.70. The number of imidazole rings is 1. The van der Waals surface area contributed by atoms with Crippen molar-refractivity contribution in [3.63, 3.8) is 0 Å². The first-order valence-electron chi connectivity index (χ1n) is 12.8. The predicted octanol–water partition coefficient (Wildman–Crippen LogP) is 5.51. The molecule has 1 amide bonds. The number of aromatic nitrogens is 2. The van der Waals surface area contributed by atoms with E-state index in [4.69, 9.17) is 9.47 Å². The zero-order chi connectivity index (χ0) is 26.4. The van der Waals surface area contributed by atoms with Crippen LogP contribution in [0, 0.1) is 11.8 Å². The number of rotatable bonds is 11. The highest BCUT2D eigenvalue weighted by molar-refractivity contribution is 5.84. The number of nitrogens with zero attached hydrogens (tertiary/aromatic N) is 2. The number of anilines is 1. The number of ether oxygens (including phenoxy) is 2. The van der Waals surface area contributed by atoms with Crippen LogP contribution in [0.15, 0.2) is 48.9 Å². The van der Waals surface area contributed by atoms with E-state index in [-0.39, 0.29) is 11.8 Å². The Bertz CT molecular complexity index is 1270. The number of H-pyrrole nitrogens is 1. The lowest BCUT2D eigenvalue weighted by Crippen LogP contribution is -2.33. The van der Waals surface area contributed by atoms with E-state index >= 15 is 0 Å². The quantitative estimate of drug-likeness (QED) is 0.264. The summed E-state index contributed by atoms with van der Waals surface area (Å²) >= 11 is 0.